The maximum atomic E-state index is 11.5. The Hall–Kier alpha value is -1.28. The van der Waals surface area contributed by atoms with Gasteiger partial charge in [-0.05, 0) is 6.42 Å². The molecule has 96 valence electrons. The standard InChI is InChI=1S/C9H15N3O4S/c1-16-4-2-5-17(15)6-3-12-7-8(9(13)14)10-11-12/h7H,2-6H2,1H3,(H,13,14). The van der Waals surface area contributed by atoms with Gasteiger partial charge in [0.25, 0.3) is 0 Å². The second-order valence-electron chi connectivity index (χ2n) is 3.37. The third-order valence-corrected chi connectivity index (χ3v) is 3.41. The van der Waals surface area contributed by atoms with Crippen molar-refractivity contribution in [1.29, 1.82) is 0 Å². The van der Waals surface area contributed by atoms with E-state index in [1.54, 1.807) is 7.11 Å². The van der Waals surface area contributed by atoms with Crippen molar-refractivity contribution < 1.29 is 18.8 Å². The van der Waals surface area contributed by atoms with E-state index in [-0.39, 0.29) is 5.69 Å². The van der Waals surface area contributed by atoms with E-state index in [0.29, 0.717) is 24.7 Å². The highest BCUT2D eigenvalue weighted by Gasteiger charge is 2.08. The highest BCUT2D eigenvalue weighted by atomic mass is 32.2. The topological polar surface area (TPSA) is 94.3 Å². The first-order valence-corrected chi connectivity index (χ1v) is 6.59. The van der Waals surface area contributed by atoms with Crippen LogP contribution < -0.4 is 0 Å². The Bertz CT molecular complexity index is 393. The first-order chi connectivity index (χ1) is 8.13. The summed E-state index contributed by atoms with van der Waals surface area (Å²) in [6.07, 6.45) is 2.08. The Labute approximate surface area is 101 Å². The van der Waals surface area contributed by atoms with Crippen molar-refractivity contribution in [1.82, 2.24) is 15.0 Å². The zero-order valence-electron chi connectivity index (χ0n) is 9.53. The summed E-state index contributed by atoms with van der Waals surface area (Å²) in [5.41, 5.74) is -0.102. The van der Waals surface area contributed by atoms with Crippen LogP contribution in [0.1, 0.15) is 16.9 Å². The fourth-order valence-electron chi connectivity index (χ4n) is 1.17. The minimum Gasteiger partial charge on any atom is -0.476 e. The van der Waals surface area contributed by atoms with E-state index in [9.17, 15) is 9.00 Å². The van der Waals surface area contributed by atoms with Crippen LogP contribution in [0.2, 0.25) is 0 Å². The van der Waals surface area contributed by atoms with Gasteiger partial charge < -0.3 is 9.84 Å². The van der Waals surface area contributed by atoms with Gasteiger partial charge >= 0.3 is 5.97 Å². The van der Waals surface area contributed by atoms with E-state index in [1.807, 2.05) is 0 Å². The number of carboxylic acid groups (broad SMARTS) is 1. The van der Waals surface area contributed by atoms with Gasteiger partial charge in [-0.3, -0.25) is 8.89 Å². The van der Waals surface area contributed by atoms with E-state index in [0.717, 1.165) is 6.42 Å². The lowest BCUT2D eigenvalue weighted by Crippen LogP contribution is -2.11. The van der Waals surface area contributed by atoms with E-state index < -0.39 is 16.8 Å². The molecule has 0 aliphatic rings. The number of ether oxygens (including phenoxy) is 1. The summed E-state index contributed by atoms with van der Waals surface area (Å²) in [7, 11) is 0.663. The Morgan fingerprint density at radius 2 is 2.35 bits per heavy atom. The van der Waals surface area contributed by atoms with Crippen LogP contribution in [-0.4, -0.2) is 55.5 Å². The highest BCUT2D eigenvalue weighted by Crippen LogP contribution is 1.95. The molecule has 1 aromatic rings. The maximum absolute atomic E-state index is 11.5. The Kier molecular flexibility index (Phi) is 5.78. The molecule has 0 saturated carbocycles. The second kappa shape index (κ2) is 7.13. The molecule has 1 aromatic heterocycles. The predicted octanol–water partition coefficient (Wildman–Crippen LogP) is -0.239. The van der Waals surface area contributed by atoms with Crippen LogP contribution in [0.5, 0.6) is 0 Å². The van der Waals surface area contributed by atoms with Gasteiger partial charge in [0.2, 0.25) is 0 Å². The maximum Gasteiger partial charge on any atom is 0.358 e. The number of aromatic nitrogens is 3. The SMILES string of the molecule is COCCCS(=O)CCn1cc(C(=O)O)nn1. The van der Waals surface area contributed by atoms with E-state index in [4.69, 9.17) is 9.84 Å². The van der Waals surface area contributed by atoms with Gasteiger partial charge in [-0.15, -0.1) is 5.10 Å². The Balaban J connectivity index is 2.29. The van der Waals surface area contributed by atoms with Crippen LogP contribution in [0.4, 0.5) is 0 Å². The van der Waals surface area contributed by atoms with Crippen molar-refractivity contribution in [3.05, 3.63) is 11.9 Å². The number of aryl methyl sites for hydroxylation is 1. The summed E-state index contributed by atoms with van der Waals surface area (Å²) in [5.74, 6) is -0.0991. The van der Waals surface area contributed by atoms with Gasteiger partial charge in [0.15, 0.2) is 5.69 Å². The van der Waals surface area contributed by atoms with Crippen molar-refractivity contribution in [3.8, 4) is 0 Å². The molecule has 0 spiro atoms. The number of hydrogen-bond donors (Lipinski definition) is 1. The van der Waals surface area contributed by atoms with E-state index in [2.05, 4.69) is 10.3 Å². The molecular weight excluding hydrogens is 246 g/mol. The molecule has 1 rings (SSSR count). The zero-order valence-corrected chi connectivity index (χ0v) is 10.4. The minimum absolute atomic E-state index is 0.102. The Morgan fingerprint density at radius 1 is 1.59 bits per heavy atom. The number of carboxylic acids is 1. The van der Waals surface area contributed by atoms with Crippen molar-refractivity contribution in [3.63, 3.8) is 0 Å². The molecule has 0 aliphatic heterocycles. The molecule has 8 heteroatoms. The first-order valence-electron chi connectivity index (χ1n) is 5.11. The molecule has 1 N–H and O–H groups in total. The van der Waals surface area contributed by atoms with Crippen LogP contribution in [0, 0.1) is 0 Å². The average molecular weight is 261 g/mol. The summed E-state index contributed by atoms with van der Waals surface area (Å²) in [6, 6.07) is 0. The number of rotatable bonds is 8. The largest absolute Gasteiger partial charge is 0.476 e. The van der Waals surface area contributed by atoms with Crippen LogP contribution in [0.3, 0.4) is 0 Å². The van der Waals surface area contributed by atoms with Crippen molar-refractivity contribution >= 4 is 16.8 Å². The molecule has 0 aliphatic carbocycles. The third-order valence-electron chi connectivity index (χ3n) is 2.03. The number of methoxy groups -OCH3 is 1. The molecular formula is C9H15N3O4S. The van der Waals surface area contributed by atoms with Crippen molar-refractivity contribution in [2.75, 3.05) is 25.2 Å². The first kappa shape index (κ1) is 13.8. The second-order valence-corrected chi connectivity index (χ2v) is 5.06. The third kappa shape index (κ3) is 5.05. The molecule has 7 nitrogen and oxygen atoms in total. The molecule has 0 radical (unpaired) electrons. The van der Waals surface area contributed by atoms with Gasteiger partial charge in [-0.25, -0.2) is 4.79 Å². The zero-order chi connectivity index (χ0) is 12.7. The lowest BCUT2D eigenvalue weighted by Gasteiger charge is -2.01. The Morgan fingerprint density at radius 3 is 2.94 bits per heavy atom. The number of aromatic carboxylic acids is 1. The molecule has 1 unspecified atom stereocenters. The van der Waals surface area contributed by atoms with Crippen molar-refractivity contribution in [2.24, 2.45) is 0 Å². The van der Waals surface area contributed by atoms with Crippen LogP contribution >= 0.6 is 0 Å². The molecule has 1 heterocycles. The summed E-state index contributed by atoms with van der Waals surface area (Å²) in [6.45, 7) is 0.998. The predicted molar refractivity (Wildman–Crippen MR) is 61.4 cm³/mol. The summed E-state index contributed by atoms with van der Waals surface area (Å²) in [5, 5.41) is 15.7. The number of carbonyl (C=O) groups is 1. The number of nitrogens with zero attached hydrogens (tertiary/aromatic N) is 3. The van der Waals surface area contributed by atoms with E-state index in [1.165, 1.54) is 10.9 Å². The van der Waals surface area contributed by atoms with Gasteiger partial charge in [0, 0.05) is 36.0 Å². The minimum atomic E-state index is -1.11. The van der Waals surface area contributed by atoms with Gasteiger partial charge in [0.05, 0.1) is 12.7 Å². The fourth-order valence-corrected chi connectivity index (χ4v) is 2.20. The molecule has 0 amide bonds. The van der Waals surface area contributed by atoms with Crippen molar-refractivity contribution in [2.45, 2.75) is 13.0 Å². The quantitative estimate of drug-likeness (QED) is 0.649. The summed E-state index contributed by atoms with van der Waals surface area (Å²) < 4.78 is 17.8. The van der Waals surface area contributed by atoms with Gasteiger partial charge in [-0.2, -0.15) is 0 Å². The average Bonchev–Trinajstić information content (AvgIpc) is 2.75. The smallest absolute Gasteiger partial charge is 0.358 e. The molecule has 0 fully saturated rings. The normalized spacial score (nSPS) is 12.5. The molecule has 1 atom stereocenters. The molecule has 0 aromatic carbocycles. The number of hydrogen-bond acceptors (Lipinski definition) is 5. The van der Waals surface area contributed by atoms with Gasteiger partial charge in [0.1, 0.15) is 0 Å². The van der Waals surface area contributed by atoms with Crippen LogP contribution in [-0.2, 0) is 22.1 Å². The fraction of sp³-hybridized carbons (Fsp3) is 0.667. The molecule has 0 saturated heterocycles. The van der Waals surface area contributed by atoms with Crippen LogP contribution in [0.25, 0.3) is 0 Å². The summed E-state index contributed by atoms with van der Waals surface area (Å²) >= 11 is 0. The molecule has 0 bridgehead atoms. The molecule has 17 heavy (non-hydrogen) atoms. The highest BCUT2D eigenvalue weighted by molar-refractivity contribution is 7.84. The van der Waals surface area contributed by atoms with Crippen LogP contribution in [0.15, 0.2) is 6.20 Å². The van der Waals surface area contributed by atoms with E-state index >= 15 is 0 Å². The lowest BCUT2D eigenvalue weighted by atomic mass is 10.5. The monoisotopic (exact) mass is 261 g/mol. The lowest BCUT2D eigenvalue weighted by molar-refractivity contribution is 0.0690. The summed E-state index contributed by atoms with van der Waals surface area (Å²) in [4.78, 5) is 10.5. The van der Waals surface area contributed by atoms with Gasteiger partial charge in [-0.1, -0.05) is 5.21 Å².